The highest BCUT2D eigenvalue weighted by molar-refractivity contribution is 5.91. The van der Waals surface area contributed by atoms with Gasteiger partial charge in [0, 0.05) is 12.2 Å². The Bertz CT molecular complexity index is 387. The summed E-state index contributed by atoms with van der Waals surface area (Å²) in [6.07, 6.45) is 7.30. The first-order chi connectivity index (χ1) is 10.4. The number of carbonyl (C=O) groups is 2. The normalized spacial score (nSPS) is 25.4. The molecule has 0 spiro atoms. The Balaban J connectivity index is 2.46. The Morgan fingerprint density at radius 3 is 2.50 bits per heavy atom. The van der Waals surface area contributed by atoms with Crippen molar-refractivity contribution in [3.05, 3.63) is 12.2 Å². The van der Waals surface area contributed by atoms with Crippen molar-refractivity contribution in [3.8, 4) is 0 Å². The van der Waals surface area contributed by atoms with Crippen LogP contribution < -0.4 is 0 Å². The third-order valence-corrected chi connectivity index (χ3v) is 4.33. The number of unbranched alkanes of at least 4 members (excludes halogenated alkanes) is 1. The lowest BCUT2D eigenvalue weighted by Crippen LogP contribution is -2.35. The number of hydrogen-bond donors (Lipinski definition) is 0. The fraction of sp³-hybridized carbons (Fsp3) is 0.778. The molecule has 0 aromatic heterocycles. The summed E-state index contributed by atoms with van der Waals surface area (Å²) < 4.78 is 10.5. The molecule has 1 aliphatic carbocycles. The molecule has 0 N–H and O–H groups in total. The lowest BCUT2D eigenvalue weighted by molar-refractivity contribution is -0.150. The van der Waals surface area contributed by atoms with E-state index in [9.17, 15) is 9.59 Å². The van der Waals surface area contributed by atoms with Gasteiger partial charge in [-0.3, -0.25) is 0 Å². The minimum atomic E-state index is -0.483. The fourth-order valence-electron chi connectivity index (χ4n) is 2.94. The smallest absolute Gasteiger partial charge is 0.331 e. The zero-order chi connectivity index (χ0) is 16.5. The zero-order valence-corrected chi connectivity index (χ0v) is 14.3. The molecule has 3 atom stereocenters. The van der Waals surface area contributed by atoms with Crippen molar-refractivity contribution in [1.82, 2.24) is 0 Å². The Morgan fingerprint density at radius 1 is 1.18 bits per heavy atom. The standard InChI is InChI=1S/C18H30O4/c1-5-6-11-21-17(19)9-10-18(20)22-16-12-14(4)7-8-15(16)13(2)3/h9-10,13-16H,5-8,11-12H2,1-4H3/b10-9-. The maximum absolute atomic E-state index is 11.9. The van der Waals surface area contributed by atoms with E-state index in [1.807, 2.05) is 6.92 Å². The highest BCUT2D eigenvalue weighted by Crippen LogP contribution is 2.35. The summed E-state index contributed by atoms with van der Waals surface area (Å²) in [6, 6.07) is 0. The van der Waals surface area contributed by atoms with E-state index >= 15 is 0 Å². The van der Waals surface area contributed by atoms with Crippen LogP contribution in [0.5, 0.6) is 0 Å². The number of rotatable bonds is 7. The van der Waals surface area contributed by atoms with Gasteiger partial charge in [0.2, 0.25) is 0 Å². The molecule has 1 rings (SSSR count). The molecule has 3 unspecified atom stereocenters. The third kappa shape index (κ3) is 6.63. The lowest BCUT2D eigenvalue weighted by atomic mass is 9.75. The summed E-state index contributed by atoms with van der Waals surface area (Å²) in [5.74, 6) is 0.550. The summed E-state index contributed by atoms with van der Waals surface area (Å²) >= 11 is 0. The molecule has 4 nitrogen and oxygen atoms in total. The van der Waals surface area contributed by atoms with Crippen LogP contribution in [0.1, 0.15) is 59.8 Å². The van der Waals surface area contributed by atoms with Crippen molar-refractivity contribution < 1.29 is 19.1 Å². The van der Waals surface area contributed by atoms with E-state index in [0.29, 0.717) is 24.4 Å². The van der Waals surface area contributed by atoms with Gasteiger partial charge in [-0.25, -0.2) is 9.59 Å². The summed E-state index contributed by atoms with van der Waals surface area (Å²) in [4.78, 5) is 23.3. The summed E-state index contributed by atoms with van der Waals surface area (Å²) in [5, 5.41) is 0. The summed E-state index contributed by atoms with van der Waals surface area (Å²) in [6.45, 7) is 8.95. The van der Waals surface area contributed by atoms with E-state index in [-0.39, 0.29) is 6.10 Å². The third-order valence-electron chi connectivity index (χ3n) is 4.33. The van der Waals surface area contributed by atoms with Crippen LogP contribution in [0.25, 0.3) is 0 Å². The van der Waals surface area contributed by atoms with Crippen LogP contribution in [0.2, 0.25) is 0 Å². The Morgan fingerprint density at radius 2 is 1.86 bits per heavy atom. The van der Waals surface area contributed by atoms with E-state index in [1.54, 1.807) is 0 Å². The quantitative estimate of drug-likeness (QED) is 0.407. The number of hydrogen-bond acceptors (Lipinski definition) is 4. The molecule has 1 fully saturated rings. The maximum Gasteiger partial charge on any atom is 0.331 e. The van der Waals surface area contributed by atoms with Crippen molar-refractivity contribution in [3.63, 3.8) is 0 Å². The van der Waals surface area contributed by atoms with Gasteiger partial charge in [0.25, 0.3) is 0 Å². The number of ether oxygens (including phenoxy) is 2. The van der Waals surface area contributed by atoms with Gasteiger partial charge in [-0.1, -0.05) is 40.5 Å². The van der Waals surface area contributed by atoms with Gasteiger partial charge in [0.05, 0.1) is 6.61 Å². The second-order valence-corrected chi connectivity index (χ2v) is 6.66. The van der Waals surface area contributed by atoms with E-state index in [2.05, 4.69) is 20.8 Å². The van der Waals surface area contributed by atoms with Gasteiger partial charge in [0.15, 0.2) is 0 Å². The second kappa shape index (κ2) is 9.65. The van der Waals surface area contributed by atoms with Gasteiger partial charge in [-0.05, 0) is 37.0 Å². The number of esters is 2. The molecular formula is C18H30O4. The van der Waals surface area contributed by atoms with Crippen molar-refractivity contribution in [1.29, 1.82) is 0 Å². The average molecular weight is 310 g/mol. The van der Waals surface area contributed by atoms with Crippen molar-refractivity contribution in [2.45, 2.75) is 65.9 Å². The Labute approximate surface area is 134 Å². The largest absolute Gasteiger partial charge is 0.463 e. The first-order valence-electron chi connectivity index (χ1n) is 8.49. The molecule has 0 radical (unpaired) electrons. The maximum atomic E-state index is 11.9. The molecule has 22 heavy (non-hydrogen) atoms. The second-order valence-electron chi connectivity index (χ2n) is 6.66. The van der Waals surface area contributed by atoms with Crippen LogP contribution in [0.3, 0.4) is 0 Å². The molecule has 0 heterocycles. The molecule has 0 bridgehead atoms. The van der Waals surface area contributed by atoms with Gasteiger partial charge in [0.1, 0.15) is 6.10 Å². The molecule has 1 saturated carbocycles. The SMILES string of the molecule is CCCCOC(=O)/C=C\C(=O)OC1CC(C)CCC1C(C)C. The monoisotopic (exact) mass is 310 g/mol. The summed E-state index contributed by atoms with van der Waals surface area (Å²) in [5.41, 5.74) is 0. The van der Waals surface area contributed by atoms with Crippen molar-refractivity contribution in [2.24, 2.45) is 17.8 Å². The topological polar surface area (TPSA) is 52.6 Å². The van der Waals surface area contributed by atoms with Gasteiger partial charge >= 0.3 is 11.9 Å². The average Bonchev–Trinajstić information content (AvgIpc) is 2.45. The zero-order valence-electron chi connectivity index (χ0n) is 14.3. The molecule has 4 heteroatoms. The Hall–Kier alpha value is -1.32. The molecule has 0 amide bonds. The molecular weight excluding hydrogens is 280 g/mol. The first-order valence-corrected chi connectivity index (χ1v) is 8.49. The van der Waals surface area contributed by atoms with Gasteiger partial charge < -0.3 is 9.47 Å². The molecule has 126 valence electrons. The molecule has 1 aliphatic rings. The van der Waals surface area contributed by atoms with Crippen LogP contribution in [0, 0.1) is 17.8 Å². The lowest BCUT2D eigenvalue weighted by Gasteiger charge is -2.36. The van der Waals surface area contributed by atoms with Crippen LogP contribution in [0.4, 0.5) is 0 Å². The minimum Gasteiger partial charge on any atom is -0.463 e. The highest BCUT2D eigenvalue weighted by atomic mass is 16.5. The molecule has 0 aliphatic heterocycles. The highest BCUT2D eigenvalue weighted by Gasteiger charge is 2.32. The summed E-state index contributed by atoms with van der Waals surface area (Å²) in [7, 11) is 0. The van der Waals surface area contributed by atoms with Gasteiger partial charge in [-0.15, -0.1) is 0 Å². The number of carbonyl (C=O) groups excluding carboxylic acids is 2. The van der Waals surface area contributed by atoms with E-state index in [4.69, 9.17) is 9.47 Å². The predicted molar refractivity (Wildman–Crippen MR) is 86.2 cm³/mol. The van der Waals surface area contributed by atoms with E-state index in [1.165, 1.54) is 12.5 Å². The van der Waals surface area contributed by atoms with Crippen LogP contribution in [-0.4, -0.2) is 24.6 Å². The molecule has 0 saturated heterocycles. The molecule has 0 aromatic carbocycles. The fourth-order valence-corrected chi connectivity index (χ4v) is 2.94. The predicted octanol–water partition coefficient (Wildman–Crippen LogP) is 3.89. The molecule has 0 aromatic rings. The van der Waals surface area contributed by atoms with E-state index in [0.717, 1.165) is 31.8 Å². The van der Waals surface area contributed by atoms with Gasteiger partial charge in [-0.2, -0.15) is 0 Å². The Kier molecular flexibility index (Phi) is 8.21. The van der Waals surface area contributed by atoms with Crippen LogP contribution >= 0.6 is 0 Å². The first kappa shape index (κ1) is 18.7. The van der Waals surface area contributed by atoms with E-state index < -0.39 is 11.9 Å². The van der Waals surface area contributed by atoms with Crippen LogP contribution in [0.15, 0.2) is 12.2 Å². The van der Waals surface area contributed by atoms with Crippen molar-refractivity contribution >= 4 is 11.9 Å². The van der Waals surface area contributed by atoms with Crippen LogP contribution in [-0.2, 0) is 19.1 Å². The minimum absolute atomic E-state index is 0.0444. The van der Waals surface area contributed by atoms with Crippen molar-refractivity contribution in [2.75, 3.05) is 6.61 Å².